The predicted molar refractivity (Wildman–Crippen MR) is 148 cm³/mol. The summed E-state index contributed by atoms with van der Waals surface area (Å²) in [6.07, 6.45) is 0.865. The number of hydrogen-bond acceptors (Lipinski definition) is 1. The molecule has 7 aromatic rings. The van der Waals surface area contributed by atoms with Gasteiger partial charge >= 0.3 is 0 Å². The lowest BCUT2D eigenvalue weighted by molar-refractivity contribution is 0.917. The fraction of sp³-hybridized carbons (Fsp3) is 0.0606. The quantitative estimate of drug-likeness (QED) is 0.247. The van der Waals surface area contributed by atoms with E-state index >= 15 is 0 Å². The Kier molecular flexibility index (Phi) is 4.46. The summed E-state index contributed by atoms with van der Waals surface area (Å²) >= 11 is 0. The normalized spacial score (nSPS) is 11.7. The minimum absolute atomic E-state index is 0.865. The van der Waals surface area contributed by atoms with Gasteiger partial charge in [0, 0.05) is 17.2 Å². The molecule has 0 aliphatic rings. The van der Waals surface area contributed by atoms with Crippen molar-refractivity contribution in [2.45, 2.75) is 13.3 Å². The third kappa shape index (κ3) is 3.00. The average molecular weight is 449 g/mol. The summed E-state index contributed by atoms with van der Waals surface area (Å²) in [6, 6.07) is 41.5. The van der Waals surface area contributed by atoms with E-state index in [2.05, 4.69) is 127 Å². The van der Waals surface area contributed by atoms with Gasteiger partial charge in [-0.1, -0.05) is 104 Å². The van der Waals surface area contributed by atoms with Crippen molar-refractivity contribution in [3.8, 4) is 16.8 Å². The second kappa shape index (κ2) is 7.82. The van der Waals surface area contributed by atoms with Crippen molar-refractivity contribution >= 4 is 43.4 Å². The van der Waals surface area contributed by atoms with Crippen molar-refractivity contribution in [3.63, 3.8) is 0 Å². The Labute approximate surface area is 204 Å². The Bertz CT molecular complexity index is 1830. The second-order valence-corrected chi connectivity index (χ2v) is 9.08. The van der Waals surface area contributed by atoms with Gasteiger partial charge < -0.3 is 0 Å². The summed E-state index contributed by atoms with van der Waals surface area (Å²) in [5.41, 5.74) is 5.93. The van der Waals surface area contributed by atoms with Crippen LogP contribution in [0.15, 0.2) is 115 Å². The van der Waals surface area contributed by atoms with Crippen LogP contribution in [0, 0.1) is 0 Å². The number of fused-ring (bicyclic) bond motifs is 4. The van der Waals surface area contributed by atoms with Gasteiger partial charge in [0.05, 0.1) is 16.7 Å². The highest BCUT2D eigenvalue weighted by Gasteiger charge is 2.20. The molecule has 0 atom stereocenters. The lowest BCUT2D eigenvalue weighted by atomic mass is 9.89. The molecule has 0 bridgehead atoms. The topological polar surface area (TPSA) is 17.8 Å². The monoisotopic (exact) mass is 448 g/mol. The SMILES string of the molecule is CCc1nc2ccccc2n1-c1c2ccccc2c(-c2ccc3ccccc3c2)c2ccccc12. The standard InChI is InChI=1S/C33H24N2/c1-2-31-34-29-17-9-10-18-30(29)35(31)33-27-15-7-5-13-25(27)32(26-14-6-8-16-28(26)33)24-20-19-22-11-3-4-12-23(22)21-24/h3-21H,2H2,1H3. The van der Waals surface area contributed by atoms with Gasteiger partial charge in [-0.15, -0.1) is 0 Å². The molecule has 0 fully saturated rings. The van der Waals surface area contributed by atoms with Gasteiger partial charge in [0.15, 0.2) is 0 Å². The molecule has 7 rings (SSSR count). The molecule has 0 amide bonds. The lowest BCUT2D eigenvalue weighted by Gasteiger charge is -2.20. The van der Waals surface area contributed by atoms with Crippen LogP contribution in [0.5, 0.6) is 0 Å². The van der Waals surface area contributed by atoms with Crippen molar-refractivity contribution in [1.82, 2.24) is 9.55 Å². The number of aryl methyl sites for hydroxylation is 1. The van der Waals surface area contributed by atoms with E-state index in [4.69, 9.17) is 4.98 Å². The fourth-order valence-corrected chi connectivity index (χ4v) is 5.56. The number of nitrogens with zero attached hydrogens (tertiary/aromatic N) is 2. The van der Waals surface area contributed by atoms with Gasteiger partial charge in [0.2, 0.25) is 0 Å². The highest BCUT2D eigenvalue weighted by molar-refractivity contribution is 6.19. The van der Waals surface area contributed by atoms with Gasteiger partial charge in [-0.2, -0.15) is 0 Å². The van der Waals surface area contributed by atoms with Crippen LogP contribution in [0.25, 0.3) is 60.2 Å². The molecule has 0 aliphatic heterocycles. The number of aromatic nitrogens is 2. The van der Waals surface area contributed by atoms with E-state index in [0.29, 0.717) is 0 Å². The molecule has 0 unspecified atom stereocenters. The molecule has 6 aromatic carbocycles. The molecule has 0 aliphatic carbocycles. The molecule has 0 saturated heterocycles. The summed E-state index contributed by atoms with van der Waals surface area (Å²) in [4.78, 5) is 5.00. The summed E-state index contributed by atoms with van der Waals surface area (Å²) in [7, 11) is 0. The number of para-hydroxylation sites is 2. The van der Waals surface area contributed by atoms with Crippen molar-refractivity contribution < 1.29 is 0 Å². The largest absolute Gasteiger partial charge is 0.295 e. The molecular formula is C33H24N2. The van der Waals surface area contributed by atoms with E-state index in [1.165, 1.54) is 49.1 Å². The zero-order chi connectivity index (χ0) is 23.4. The van der Waals surface area contributed by atoms with Gasteiger partial charge in [-0.05, 0) is 50.9 Å². The molecule has 1 aromatic heterocycles. The van der Waals surface area contributed by atoms with E-state index in [0.717, 1.165) is 23.3 Å². The van der Waals surface area contributed by atoms with Crippen molar-refractivity contribution in [3.05, 3.63) is 121 Å². The molecule has 1 heterocycles. The number of imidazole rings is 1. The minimum Gasteiger partial charge on any atom is -0.295 e. The van der Waals surface area contributed by atoms with E-state index in [1.54, 1.807) is 0 Å². The van der Waals surface area contributed by atoms with Gasteiger partial charge in [0.25, 0.3) is 0 Å². The van der Waals surface area contributed by atoms with Gasteiger partial charge in [0.1, 0.15) is 5.82 Å². The molecule has 0 radical (unpaired) electrons. The molecule has 0 spiro atoms. The van der Waals surface area contributed by atoms with E-state index in [1.807, 2.05) is 0 Å². The molecule has 166 valence electrons. The molecule has 2 heteroatoms. The van der Waals surface area contributed by atoms with Crippen LogP contribution in [-0.4, -0.2) is 9.55 Å². The van der Waals surface area contributed by atoms with Crippen LogP contribution >= 0.6 is 0 Å². The van der Waals surface area contributed by atoms with Crippen LogP contribution < -0.4 is 0 Å². The third-order valence-electron chi connectivity index (χ3n) is 7.11. The Balaban J connectivity index is 1.66. The minimum atomic E-state index is 0.865. The maximum Gasteiger partial charge on any atom is 0.114 e. The first-order valence-electron chi connectivity index (χ1n) is 12.2. The third-order valence-corrected chi connectivity index (χ3v) is 7.11. The summed E-state index contributed by atoms with van der Waals surface area (Å²) in [6.45, 7) is 2.19. The Hall–Kier alpha value is -4.43. The number of benzene rings is 6. The smallest absolute Gasteiger partial charge is 0.114 e. The molecule has 0 N–H and O–H groups in total. The second-order valence-electron chi connectivity index (χ2n) is 9.08. The maximum atomic E-state index is 5.00. The predicted octanol–water partition coefficient (Wildman–Crippen LogP) is 8.71. The van der Waals surface area contributed by atoms with Crippen LogP contribution in [-0.2, 0) is 6.42 Å². The molecule has 35 heavy (non-hydrogen) atoms. The van der Waals surface area contributed by atoms with Gasteiger partial charge in [-0.25, -0.2) is 4.98 Å². The Morgan fingerprint density at radius 2 is 1.20 bits per heavy atom. The zero-order valence-electron chi connectivity index (χ0n) is 19.6. The highest BCUT2D eigenvalue weighted by Crippen LogP contribution is 2.42. The Morgan fingerprint density at radius 3 is 1.91 bits per heavy atom. The van der Waals surface area contributed by atoms with Crippen LogP contribution in [0.1, 0.15) is 12.7 Å². The zero-order valence-corrected chi connectivity index (χ0v) is 19.6. The first kappa shape index (κ1) is 20.0. The summed E-state index contributed by atoms with van der Waals surface area (Å²) in [5, 5.41) is 7.53. The van der Waals surface area contributed by atoms with Crippen molar-refractivity contribution in [2.75, 3.05) is 0 Å². The highest BCUT2D eigenvalue weighted by atomic mass is 15.1. The van der Waals surface area contributed by atoms with E-state index in [9.17, 15) is 0 Å². The first-order valence-corrected chi connectivity index (χ1v) is 12.2. The summed E-state index contributed by atoms with van der Waals surface area (Å²) < 4.78 is 2.38. The van der Waals surface area contributed by atoms with Crippen LogP contribution in [0.2, 0.25) is 0 Å². The summed E-state index contributed by atoms with van der Waals surface area (Å²) in [5.74, 6) is 1.08. The first-order chi connectivity index (χ1) is 17.3. The average Bonchev–Trinajstić information content (AvgIpc) is 3.29. The number of rotatable bonds is 3. The molecular weight excluding hydrogens is 424 g/mol. The van der Waals surface area contributed by atoms with E-state index < -0.39 is 0 Å². The fourth-order valence-electron chi connectivity index (χ4n) is 5.56. The molecule has 0 saturated carbocycles. The Morgan fingerprint density at radius 1 is 0.600 bits per heavy atom. The van der Waals surface area contributed by atoms with Gasteiger partial charge in [-0.3, -0.25) is 4.57 Å². The maximum absolute atomic E-state index is 5.00. The van der Waals surface area contributed by atoms with Crippen molar-refractivity contribution in [1.29, 1.82) is 0 Å². The number of hydrogen-bond donors (Lipinski definition) is 0. The van der Waals surface area contributed by atoms with E-state index in [-0.39, 0.29) is 0 Å². The van der Waals surface area contributed by atoms with Crippen LogP contribution in [0.4, 0.5) is 0 Å². The molecule has 2 nitrogen and oxygen atoms in total. The lowest BCUT2D eigenvalue weighted by Crippen LogP contribution is -2.03. The van der Waals surface area contributed by atoms with Crippen LogP contribution in [0.3, 0.4) is 0 Å². The van der Waals surface area contributed by atoms with Crippen molar-refractivity contribution in [2.24, 2.45) is 0 Å².